The Morgan fingerprint density at radius 2 is 2.10 bits per heavy atom. The summed E-state index contributed by atoms with van der Waals surface area (Å²) in [6.07, 6.45) is 2.50. The Balaban J connectivity index is 2.15. The highest BCUT2D eigenvalue weighted by molar-refractivity contribution is 5.96. The van der Waals surface area contributed by atoms with Crippen molar-refractivity contribution < 1.29 is 9.59 Å². The molecule has 0 aromatic carbocycles. The fourth-order valence-corrected chi connectivity index (χ4v) is 2.45. The Morgan fingerprint density at radius 1 is 1.40 bits per heavy atom. The van der Waals surface area contributed by atoms with Crippen LogP contribution in [0.4, 0.5) is 0 Å². The molecule has 0 saturated carbocycles. The minimum absolute atomic E-state index is 0.0172. The third-order valence-electron chi connectivity index (χ3n) is 3.55. The molecule has 1 aromatic rings. The fraction of sp³-hybridized carbons (Fsp3) is 0.643. The van der Waals surface area contributed by atoms with Crippen molar-refractivity contribution in [3.05, 3.63) is 18.0 Å². The average molecular weight is 278 g/mol. The average Bonchev–Trinajstić information content (AvgIpc) is 2.77. The minimum atomic E-state index is -0.451. The lowest BCUT2D eigenvalue weighted by molar-refractivity contribution is -0.149. The molecule has 2 amide bonds. The number of rotatable bonds is 4. The normalized spacial score (nSPS) is 23.4. The Bertz CT molecular complexity index is 509. The summed E-state index contributed by atoms with van der Waals surface area (Å²) in [6, 6.07) is 1.000. The Labute approximate surface area is 119 Å². The zero-order valence-electron chi connectivity index (χ0n) is 12.5. The molecule has 2 unspecified atom stereocenters. The number of nitrogens with one attached hydrogen (secondary N) is 1. The van der Waals surface area contributed by atoms with Crippen LogP contribution in [0.1, 0.15) is 32.9 Å². The van der Waals surface area contributed by atoms with Crippen molar-refractivity contribution in [2.75, 3.05) is 0 Å². The summed E-state index contributed by atoms with van der Waals surface area (Å²) in [6.45, 7) is 6.21. The zero-order chi connectivity index (χ0) is 14.9. The van der Waals surface area contributed by atoms with Gasteiger partial charge in [0, 0.05) is 13.2 Å². The molecule has 2 heterocycles. The molecule has 20 heavy (non-hydrogen) atoms. The van der Waals surface area contributed by atoms with Gasteiger partial charge in [0.1, 0.15) is 12.1 Å². The van der Waals surface area contributed by atoms with Crippen LogP contribution in [-0.2, 0) is 23.2 Å². The van der Waals surface area contributed by atoms with E-state index >= 15 is 0 Å². The van der Waals surface area contributed by atoms with Crippen LogP contribution >= 0.6 is 0 Å². The lowest BCUT2D eigenvalue weighted by Gasteiger charge is -2.37. The SMILES string of the molecule is CC(C)CC1NC(=O)C(C)N(Cc2ccn(C)n2)C1=O. The van der Waals surface area contributed by atoms with Gasteiger partial charge in [0.25, 0.3) is 0 Å². The number of aromatic nitrogens is 2. The molecule has 1 fully saturated rings. The van der Waals surface area contributed by atoms with Gasteiger partial charge in [-0.05, 0) is 25.3 Å². The molecule has 1 N–H and O–H groups in total. The summed E-state index contributed by atoms with van der Waals surface area (Å²) >= 11 is 0. The first-order valence-corrected chi connectivity index (χ1v) is 6.98. The van der Waals surface area contributed by atoms with Crippen LogP contribution in [0.5, 0.6) is 0 Å². The van der Waals surface area contributed by atoms with Gasteiger partial charge in [0.2, 0.25) is 11.8 Å². The van der Waals surface area contributed by atoms with Crippen LogP contribution in [0.25, 0.3) is 0 Å². The van der Waals surface area contributed by atoms with Crippen molar-refractivity contribution in [1.82, 2.24) is 20.0 Å². The topological polar surface area (TPSA) is 67.2 Å². The molecule has 0 bridgehead atoms. The number of hydrogen-bond donors (Lipinski definition) is 1. The van der Waals surface area contributed by atoms with Gasteiger partial charge in [0.15, 0.2) is 0 Å². The maximum atomic E-state index is 12.5. The molecule has 0 aliphatic carbocycles. The summed E-state index contributed by atoms with van der Waals surface area (Å²) < 4.78 is 1.69. The van der Waals surface area contributed by atoms with Crippen molar-refractivity contribution in [2.24, 2.45) is 13.0 Å². The van der Waals surface area contributed by atoms with E-state index in [-0.39, 0.29) is 11.8 Å². The molecule has 110 valence electrons. The van der Waals surface area contributed by atoms with Gasteiger partial charge in [-0.15, -0.1) is 0 Å². The maximum absolute atomic E-state index is 12.5. The van der Waals surface area contributed by atoms with E-state index in [1.807, 2.05) is 33.2 Å². The van der Waals surface area contributed by atoms with Gasteiger partial charge < -0.3 is 10.2 Å². The van der Waals surface area contributed by atoms with Crippen molar-refractivity contribution >= 4 is 11.8 Å². The summed E-state index contributed by atoms with van der Waals surface area (Å²) in [4.78, 5) is 26.1. The quantitative estimate of drug-likeness (QED) is 0.881. The first-order valence-electron chi connectivity index (χ1n) is 6.98. The van der Waals surface area contributed by atoms with Crippen LogP contribution < -0.4 is 5.32 Å². The van der Waals surface area contributed by atoms with Crippen LogP contribution in [0, 0.1) is 5.92 Å². The molecule has 6 nitrogen and oxygen atoms in total. The van der Waals surface area contributed by atoms with E-state index in [0.29, 0.717) is 18.9 Å². The van der Waals surface area contributed by atoms with Gasteiger partial charge >= 0.3 is 0 Å². The Kier molecular flexibility index (Phi) is 4.11. The van der Waals surface area contributed by atoms with Crippen LogP contribution in [0.15, 0.2) is 12.3 Å². The minimum Gasteiger partial charge on any atom is -0.343 e. The van der Waals surface area contributed by atoms with E-state index in [0.717, 1.165) is 5.69 Å². The maximum Gasteiger partial charge on any atom is 0.246 e. The van der Waals surface area contributed by atoms with Crippen LogP contribution in [0.3, 0.4) is 0 Å². The van der Waals surface area contributed by atoms with E-state index in [1.165, 1.54) is 0 Å². The monoisotopic (exact) mass is 278 g/mol. The molecule has 6 heteroatoms. The van der Waals surface area contributed by atoms with Gasteiger partial charge in [-0.1, -0.05) is 13.8 Å². The van der Waals surface area contributed by atoms with Gasteiger partial charge in [-0.25, -0.2) is 0 Å². The molecule has 1 aliphatic heterocycles. The fourth-order valence-electron chi connectivity index (χ4n) is 2.45. The second kappa shape index (κ2) is 5.64. The third kappa shape index (κ3) is 3.00. The smallest absolute Gasteiger partial charge is 0.246 e. The lowest BCUT2D eigenvalue weighted by atomic mass is 9.99. The number of aryl methyl sites for hydroxylation is 1. The molecule has 0 radical (unpaired) electrons. The van der Waals surface area contributed by atoms with Crippen molar-refractivity contribution in [1.29, 1.82) is 0 Å². The Morgan fingerprint density at radius 3 is 2.65 bits per heavy atom. The van der Waals surface area contributed by atoms with Gasteiger partial charge in [0.05, 0.1) is 12.2 Å². The number of nitrogens with zero attached hydrogens (tertiary/aromatic N) is 3. The van der Waals surface area contributed by atoms with Crippen molar-refractivity contribution in [3.8, 4) is 0 Å². The largest absolute Gasteiger partial charge is 0.343 e. The van der Waals surface area contributed by atoms with E-state index in [1.54, 1.807) is 16.5 Å². The van der Waals surface area contributed by atoms with Crippen molar-refractivity contribution in [3.63, 3.8) is 0 Å². The predicted molar refractivity (Wildman–Crippen MR) is 74.6 cm³/mol. The van der Waals surface area contributed by atoms with Gasteiger partial charge in [-0.2, -0.15) is 5.10 Å². The third-order valence-corrected chi connectivity index (χ3v) is 3.55. The number of amides is 2. The zero-order valence-corrected chi connectivity index (χ0v) is 12.5. The summed E-state index contributed by atoms with van der Waals surface area (Å²) in [5.41, 5.74) is 0.797. The molecule has 2 atom stereocenters. The molecular formula is C14H22N4O2. The highest BCUT2D eigenvalue weighted by Gasteiger charge is 2.38. The molecule has 0 spiro atoms. The second-order valence-electron chi connectivity index (χ2n) is 5.81. The first kappa shape index (κ1) is 14.6. The lowest BCUT2D eigenvalue weighted by Crippen LogP contribution is -2.62. The van der Waals surface area contributed by atoms with Crippen molar-refractivity contribution in [2.45, 2.75) is 45.8 Å². The number of carbonyl (C=O) groups excluding carboxylic acids is 2. The summed E-state index contributed by atoms with van der Waals surface area (Å²) in [7, 11) is 1.83. The molecule has 2 rings (SSSR count). The van der Waals surface area contributed by atoms with E-state index < -0.39 is 12.1 Å². The molecular weight excluding hydrogens is 256 g/mol. The summed E-state index contributed by atoms with van der Waals surface area (Å²) in [5.74, 6) is 0.247. The van der Waals surface area contributed by atoms with Crippen LogP contribution in [-0.4, -0.2) is 38.6 Å². The Hall–Kier alpha value is -1.85. The predicted octanol–water partition coefficient (Wildman–Crippen LogP) is 0.682. The van der Waals surface area contributed by atoms with Crippen LogP contribution in [0.2, 0.25) is 0 Å². The number of carbonyl (C=O) groups is 2. The standard InChI is InChI=1S/C14H22N4O2/c1-9(2)7-12-14(20)18(10(3)13(19)15-12)8-11-5-6-17(4)16-11/h5-6,9-10,12H,7-8H2,1-4H3,(H,15,19). The molecule has 1 saturated heterocycles. The van der Waals surface area contributed by atoms with E-state index in [9.17, 15) is 9.59 Å². The van der Waals surface area contributed by atoms with E-state index in [4.69, 9.17) is 0 Å². The molecule has 1 aliphatic rings. The number of hydrogen-bond acceptors (Lipinski definition) is 3. The highest BCUT2D eigenvalue weighted by Crippen LogP contribution is 2.17. The highest BCUT2D eigenvalue weighted by atomic mass is 16.2. The van der Waals surface area contributed by atoms with Gasteiger partial charge in [-0.3, -0.25) is 14.3 Å². The first-order chi connectivity index (χ1) is 9.38. The summed E-state index contributed by atoms with van der Waals surface area (Å²) in [5, 5.41) is 7.09. The second-order valence-corrected chi connectivity index (χ2v) is 5.81. The number of piperazine rings is 1. The van der Waals surface area contributed by atoms with E-state index in [2.05, 4.69) is 10.4 Å². The molecule has 1 aromatic heterocycles.